The highest BCUT2D eigenvalue weighted by Crippen LogP contribution is 2.19. The Kier molecular flexibility index (Phi) is 6.75. The van der Waals surface area contributed by atoms with Crippen LogP contribution in [0.4, 0.5) is 13.2 Å². The molecule has 0 heterocycles. The van der Waals surface area contributed by atoms with Gasteiger partial charge in [0.1, 0.15) is 0 Å². The smallest absolute Gasteiger partial charge is 0.352 e. The van der Waals surface area contributed by atoms with E-state index in [1.807, 2.05) is 0 Å². The van der Waals surface area contributed by atoms with Gasteiger partial charge < -0.3 is 11.1 Å². The van der Waals surface area contributed by atoms with Crippen LogP contribution in [0.15, 0.2) is 0 Å². The lowest BCUT2D eigenvalue weighted by molar-refractivity contribution is -0.154. The maximum atomic E-state index is 12.5. The zero-order valence-electron chi connectivity index (χ0n) is 11.9. The number of carbonyl (C=O) groups excluding carboxylic acids is 1. The molecule has 3 N–H and O–H groups in total. The van der Waals surface area contributed by atoms with E-state index in [0.717, 1.165) is 37.0 Å². The highest BCUT2D eigenvalue weighted by atomic mass is 19.4. The van der Waals surface area contributed by atoms with Crippen molar-refractivity contribution in [2.24, 2.45) is 5.73 Å². The van der Waals surface area contributed by atoms with Crippen LogP contribution in [-0.4, -0.2) is 48.7 Å². The molecule has 1 unspecified atom stereocenters. The summed E-state index contributed by atoms with van der Waals surface area (Å²) in [6.07, 6.45) is 0.788. The third-order valence-corrected chi connectivity index (χ3v) is 3.68. The summed E-state index contributed by atoms with van der Waals surface area (Å²) in [7, 11) is 0. The Morgan fingerprint density at radius 2 is 1.95 bits per heavy atom. The first-order valence-corrected chi connectivity index (χ1v) is 7.14. The van der Waals surface area contributed by atoms with Gasteiger partial charge in [0.15, 0.2) is 0 Å². The normalized spacial score (nSPS) is 19.1. The van der Waals surface area contributed by atoms with E-state index in [1.54, 1.807) is 0 Å². The first kappa shape index (κ1) is 17.2. The van der Waals surface area contributed by atoms with Gasteiger partial charge in [-0.05, 0) is 19.8 Å². The SMILES string of the molecule is CC(C(=O)NC1CCCCC1)N(CCN)CC(F)(F)F. The van der Waals surface area contributed by atoms with E-state index in [2.05, 4.69) is 5.32 Å². The molecule has 0 aromatic rings. The Bertz CT molecular complexity index is 304. The predicted molar refractivity (Wildman–Crippen MR) is 71.2 cm³/mol. The third-order valence-electron chi connectivity index (χ3n) is 3.68. The number of alkyl halides is 3. The molecule has 0 radical (unpaired) electrons. The van der Waals surface area contributed by atoms with Crippen LogP contribution >= 0.6 is 0 Å². The summed E-state index contributed by atoms with van der Waals surface area (Å²) < 4.78 is 37.5. The molecule has 1 rings (SSSR count). The molecule has 0 aromatic heterocycles. The molecule has 0 aliphatic heterocycles. The fourth-order valence-corrected chi connectivity index (χ4v) is 2.54. The van der Waals surface area contributed by atoms with Crippen LogP contribution in [-0.2, 0) is 4.79 Å². The van der Waals surface area contributed by atoms with Gasteiger partial charge in [-0.25, -0.2) is 0 Å². The molecule has 0 spiro atoms. The number of carbonyl (C=O) groups is 1. The number of nitrogens with one attached hydrogen (secondary N) is 1. The molecule has 1 fully saturated rings. The minimum atomic E-state index is -4.32. The van der Waals surface area contributed by atoms with Crippen LogP contribution in [0.5, 0.6) is 0 Å². The standard InChI is InChI=1S/C13H24F3N3O/c1-10(19(8-7-17)9-13(14,15)16)12(20)18-11-5-3-2-4-6-11/h10-11H,2-9,17H2,1H3,(H,18,20). The maximum Gasteiger partial charge on any atom is 0.401 e. The molecule has 1 aliphatic rings. The van der Waals surface area contributed by atoms with Gasteiger partial charge in [0.2, 0.25) is 5.91 Å². The number of nitrogens with zero attached hydrogens (tertiary/aromatic N) is 1. The molecular weight excluding hydrogens is 271 g/mol. The van der Waals surface area contributed by atoms with E-state index in [4.69, 9.17) is 5.73 Å². The van der Waals surface area contributed by atoms with Gasteiger partial charge >= 0.3 is 6.18 Å². The van der Waals surface area contributed by atoms with Gasteiger partial charge in [-0.15, -0.1) is 0 Å². The lowest BCUT2D eigenvalue weighted by Gasteiger charge is -2.31. The molecule has 1 saturated carbocycles. The molecule has 1 amide bonds. The van der Waals surface area contributed by atoms with Crippen molar-refractivity contribution >= 4 is 5.91 Å². The largest absolute Gasteiger partial charge is 0.401 e. The first-order valence-electron chi connectivity index (χ1n) is 7.14. The van der Waals surface area contributed by atoms with Crippen LogP contribution < -0.4 is 11.1 Å². The topological polar surface area (TPSA) is 58.4 Å². The van der Waals surface area contributed by atoms with Crippen molar-refractivity contribution < 1.29 is 18.0 Å². The van der Waals surface area contributed by atoms with E-state index in [1.165, 1.54) is 6.92 Å². The lowest BCUT2D eigenvalue weighted by Crippen LogP contribution is -2.52. The Morgan fingerprint density at radius 3 is 2.45 bits per heavy atom. The van der Waals surface area contributed by atoms with Gasteiger partial charge in [0.05, 0.1) is 12.6 Å². The molecule has 118 valence electrons. The minimum absolute atomic E-state index is 0.0543. The second-order valence-electron chi connectivity index (χ2n) is 5.39. The van der Waals surface area contributed by atoms with Crippen molar-refractivity contribution in [1.82, 2.24) is 10.2 Å². The average molecular weight is 295 g/mol. The van der Waals surface area contributed by atoms with Gasteiger partial charge in [-0.2, -0.15) is 13.2 Å². The molecule has 0 bridgehead atoms. The third kappa shape index (κ3) is 6.09. The Hall–Kier alpha value is -0.820. The summed E-state index contributed by atoms with van der Waals surface area (Å²) in [4.78, 5) is 13.1. The second kappa shape index (κ2) is 7.83. The van der Waals surface area contributed by atoms with E-state index in [0.29, 0.717) is 0 Å². The Labute approximate surface area is 117 Å². The fourth-order valence-electron chi connectivity index (χ4n) is 2.54. The van der Waals surface area contributed by atoms with E-state index in [-0.39, 0.29) is 25.0 Å². The van der Waals surface area contributed by atoms with Crippen molar-refractivity contribution in [3.8, 4) is 0 Å². The van der Waals surface area contributed by atoms with Gasteiger partial charge in [0, 0.05) is 19.1 Å². The van der Waals surface area contributed by atoms with Crippen molar-refractivity contribution in [2.45, 2.75) is 57.3 Å². The summed E-state index contributed by atoms with van der Waals surface area (Å²) in [6.45, 7) is 0.541. The molecular formula is C13H24F3N3O. The number of hydrogen-bond donors (Lipinski definition) is 2. The second-order valence-corrected chi connectivity index (χ2v) is 5.39. The monoisotopic (exact) mass is 295 g/mol. The fraction of sp³-hybridized carbons (Fsp3) is 0.923. The van der Waals surface area contributed by atoms with E-state index in [9.17, 15) is 18.0 Å². The quantitative estimate of drug-likeness (QED) is 0.783. The average Bonchev–Trinajstić information content (AvgIpc) is 2.37. The van der Waals surface area contributed by atoms with Gasteiger partial charge in [-0.1, -0.05) is 19.3 Å². The zero-order valence-corrected chi connectivity index (χ0v) is 11.9. The van der Waals surface area contributed by atoms with Gasteiger partial charge in [0.25, 0.3) is 0 Å². The van der Waals surface area contributed by atoms with Crippen LogP contribution in [0, 0.1) is 0 Å². The maximum absolute atomic E-state index is 12.5. The van der Waals surface area contributed by atoms with Gasteiger partial charge in [-0.3, -0.25) is 9.69 Å². The van der Waals surface area contributed by atoms with Crippen LogP contribution in [0.25, 0.3) is 0 Å². The Balaban J connectivity index is 2.53. The molecule has 1 atom stereocenters. The summed E-state index contributed by atoms with van der Waals surface area (Å²) in [5, 5.41) is 2.85. The van der Waals surface area contributed by atoms with E-state index >= 15 is 0 Å². The zero-order chi connectivity index (χ0) is 15.2. The number of halogens is 3. The number of amides is 1. The lowest BCUT2D eigenvalue weighted by atomic mass is 9.95. The molecule has 1 aliphatic carbocycles. The molecule has 0 saturated heterocycles. The van der Waals surface area contributed by atoms with Crippen molar-refractivity contribution in [3.05, 3.63) is 0 Å². The molecule has 20 heavy (non-hydrogen) atoms. The van der Waals surface area contributed by atoms with Crippen molar-refractivity contribution in [3.63, 3.8) is 0 Å². The first-order chi connectivity index (χ1) is 9.33. The van der Waals surface area contributed by atoms with Crippen molar-refractivity contribution in [1.29, 1.82) is 0 Å². The summed E-state index contributed by atoms with van der Waals surface area (Å²) in [5.41, 5.74) is 5.33. The molecule has 7 heteroatoms. The highest BCUT2D eigenvalue weighted by molar-refractivity contribution is 5.81. The number of hydrogen-bond acceptors (Lipinski definition) is 3. The number of nitrogens with two attached hydrogens (primary N) is 1. The number of rotatable bonds is 6. The highest BCUT2D eigenvalue weighted by Gasteiger charge is 2.34. The summed E-state index contributed by atoms with van der Waals surface area (Å²) in [6, 6.07) is -0.716. The van der Waals surface area contributed by atoms with Crippen LogP contribution in [0.3, 0.4) is 0 Å². The van der Waals surface area contributed by atoms with E-state index < -0.39 is 18.8 Å². The molecule has 4 nitrogen and oxygen atoms in total. The minimum Gasteiger partial charge on any atom is -0.352 e. The van der Waals surface area contributed by atoms with Crippen LogP contribution in [0.2, 0.25) is 0 Å². The molecule has 0 aromatic carbocycles. The summed E-state index contributed by atoms with van der Waals surface area (Å²) in [5.74, 6) is -0.338. The summed E-state index contributed by atoms with van der Waals surface area (Å²) >= 11 is 0. The van der Waals surface area contributed by atoms with Crippen LogP contribution in [0.1, 0.15) is 39.0 Å². The van der Waals surface area contributed by atoms with Crippen molar-refractivity contribution in [2.75, 3.05) is 19.6 Å². The predicted octanol–water partition coefficient (Wildman–Crippen LogP) is 1.65. The Morgan fingerprint density at radius 1 is 1.35 bits per heavy atom.